The smallest absolute Gasteiger partial charge is 0.119 e. The molecule has 0 aliphatic rings. The van der Waals surface area contributed by atoms with Gasteiger partial charge in [-0.2, -0.15) is 0 Å². The van der Waals surface area contributed by atoms with Crippen LogP contribution in [0.1, 0.15) is 33.3 Å². The third-order valence-electron chi connectivity index (χ3n) is 2.22. The minimum Gasteiger partial charge on any atom is -0.491 e. The lowest BCUT2D eigenvalue weighted by molar-refractivity contribution is 0.242. The summed E-state index contributed by atoms with van der Waals surface area (Å²) in [4.78, 5) is 0. The molecule has 0 aliphatic heterocycles. The summed E-state index contributed by atoms with van der Waals surface area (Å²) in [5, 5.41) is 0. The van der Waals surface area contributed by atoms with Gasteiger partial charge >= 0.3 is 0 Å². The van der Waals surface area contributed by atoms with Crippen molar-refractivity contribution >= 4 is 5.57 Å². The largest absolute Gasteiger partial charge is 0.491 e. The van der Waals surface area contributed by atoms with E-state index >= 15 is 0 Å². The molecule has 0 saturated heterocycles. The minimum absolute atomic E-state index is 0.225. The maximum absolute atomic E-state index is 5.61. The molecule has 0 N–H and O–H groups in total. The molecule has 1 rings (SSSR count). The van der Waals surface area contributed by atoms with Crippen LogP contribution in [0.15, 0.2) is 42.5 Å². The lowest BCUT2D eigenvalue weighted by Crippen LogP contribution is -2.05. The summed E-state index contributed by atoms with van der Waals surface area (Å²) >= 11 is 0. The number of hydrogen-bond acceptors (Lipinski definition) is 1. The molecule has 0 atom stereocenters. The van der Waals surface area contributed by atoms with E-state index in [4.69, 9.17) is 4.74 Å². The first-order valence-corrected chi connectivity index (χ1v) is 5.73. The zero-order valence-corrected chi connectivity index (χ0v) is 10.5. The number of allylic oxidation sites excluding steroid dienone is 4. The van der Waals surface area contributed by atoms with Crippen LogP contribution in [0.2, 0.25) is 0 Å². The Morgan fingerprint density at radius 3 is 2.19 bits per heavy atom. The summed E-state index contributed by atoms with van der Waals surface area (Å²) in [7, 11) is 0. The van der Waals surface area contributed by atoms with Crippen molar-refractivity contribution < 1.29 is 4.74 Å². The fourth-order valence-corrected chi connectivity index (χ4v) is 1.54. The molecule has 0 saturated carbocycles. The topological polar surface area (TPSA) is 9.23 Å². The molecule has 1 aromatic carbocycles. The standard InChI is InChI=1S/C15H20O/c1-5-7-13(6-2)14-8-10-15(11-9-14)16-12(3)4/h5-12H,1-4H3. The Bertz CT molecular complexity index is 369. The van der Waals surface area contributed by atoms with E-state index in [2.05, 4.69) is 24.3 Å². The van der Waals surface area contributed by atoms with E-state index in [1.165, 1.54) is 11.1 Å². The fourth-order valence-electron chi connectivity index (χ4n) is 1.54. The van der Waals surface area contributed by atoms with Crippen molar-refractivity contribution in [2.45, 2.75) is 33.8 Å². The van der Waals surface area contributed by atoms with Gasteiger partial charge in [-0.25, -0.2) is 0 Å². The maximum Gasteiger partial charge on any atom is 0.119 e. The summed E-state index contributed by atoms with van der Waals surface area (Å²) in [6.45, 7) is 8.14. The molecule has 0 heterocycles. The van der Waals surface area contributed by atoms with E-state index in [0.29, 0.717) is 0 Å². The van der Waals surface area contributed by atoms with Crippen molar-refractivity contribution in [1.82, 2.24) is 0 Å². The SMILES string of the molecule is CC=CC(=CC)c1ccc(OC(C)C)cc1. The lowest BCUT2D eigenvalue weighted by atomic mass is 10.1. The second-order valence-electron chi connectivity index (χ2n) is 3.94. The summed E-state index contributed by atoms with van der Waals surface area (Å²) in [6, 6.07) is 8.21. The molecule has 16 heavy (non-hydrogen) atoms. The van der Waals surface area contributed by atoms with Gasteiger partial charge < -0.3 is 4.74 Å². The molecule has 0 aromatic heterocycles. The van der Waals surface area contributed by atoms with E-state index in [0.717, 1.165) is 5.75 Å². The Kier molecular flexibility index (Phi) is 4.84. The maximum atomic E-state index is 5.61. The molecular formula is C15H20O. The number of hydrogen-bond donors (Lipinski definition) is 0. The third kappa shape index (κ3) is 3.58. The van der Waals surface area contributed by atoms with Crippen LogP contribution < -0.4 is 4.74 Å². The summed E-state index contributed by atoms with van der Waals surface area (Å²) < 4.78 is 5.61. The predicted octanol–water partition coefficient (Wildman–Crippen LogP) is 4.45. The predicted molar refractivity (Wildman–Crippen MR) is 70.7 cm³/mol. The number of benzene rings is 1. The number of ether oxygens (including phenoxy) is 1. The van der Waals surface area contributed by atoms with Gasteiger partial charge in [0.15, 0.2) is 0 Å². The molecule has 86 valence electrons. The zero-order chi connectivity index (χ0) is 12.0. The Morgan fingerprint density at radius 2 is 1.75 bits per heavy atom. The molecule has 0 spiro atoms. The minimum atomic E-state index is 0.225. The highest BCUT2D eigenvalue weighted by molar-refractivity contribution is 5.73. The zero-order valence-electron chi connectivity index (χ0n) is 10.5. The van der Waals surface area contributed by atoms with Crippen LogP contribution in [-0.2, 0) is 0 Å². The van der Waals surface area contributed by atoms with Crippen LogP contribution in [-0.4, -0.2) is 6.10 Å². The van der Waals surface area contributed by atoms with E-state index in [-0.39, 0.29) is 6.10 Å². The van der Waals surface area contributed by atoms with Gasteiger partial charge in [-0.1, -0.05) is 30.4 Å². The molecule has 0 fully saturated rings. The summed E-state index contributed by atoms with van der Waals surface area (Å²) in [5.41, 5.74) is 2.45. The molecular weight excluding hydrogens is 196 g/mol. The van der Waals surface area contributed by atoms with Crippen LogP contribution >= 0.6 is 0 Å². The van der Waals surface area contributed by atoms with Gasteiger partial charge in [0, 0.05) is 0 Å². The fraction of sp³-hybridized carbons (Fsp3) is 0.333. The van der Waals surface area contributed by atoms with Crippen molar-refractivity contribution in [1.29, 1.82) is 0 Å². The first kappa shape index (κ1) is 12.6. The monoisotopic (exact) mass is 216 g/mol. The Labute approximate surface area is 98.5 Å². The van der Waals surface area contributed by atoms with Crippen LogP contribution in [0.4, 0.5) is 0 Å². The second kappa shape index (κ2) is 6.16. The van der Waals surface area contributed by atoms with Gasteiger partial charge in [-0.3, -0.25) is 0 Å². The van der Waals surface area contributed by atoms with Gasteiger partial charge in [0.05, 0.1) is 6.10 Å². The molecule has 0 aliphatic carbocycles. The van der Waals surface area contributed by atoms with E-state index in [9.17, 15) is 0 Å². The quantitative estimate of drug-likeness (QED) is 0.675. The van der Waals surface area contributed by atoms with E-state index in [1.54, 1.807) is 0 Å². The Morgan fingerprint density at radius 1 is 1.12 bits per heavy atom. The molecule has 0 unspecified atom stereocenters. The first-order chi connectivity index (χ1) is 7.67. The first-order valence-electron chi connectivity index (χ1n) is 5.73. The van der Waals surface area contributed by atoms with Crippen LogP contribution in [0.25, 0.3) is 5.57 Å². The van der Waals surface area contributed by atoms with Crippen molar-refractivity contribution in [3.8, 4) is 5.75 Å². The average molecular weight is 216 g/mol. The third-order valence-corrected chi connectivity index (χ3v) is 2.22. The van der Waals surface area contributed by atoms with Gasteiger partial charge in [-0.05, 0) is 51.0 Å². The van der Waals surface area contributed by atoms with E-state index < -0.39 is 0 Å². The van der Waals surface area contributed by atoms with Crippen LogP contribution in [0, 0.1) is 0 Å². The molecule has 1 aromatic rings. The molecule has 1 nitrogen and oxygen atoms in total. The normalized spacial score (nSPS) is 12.4. The summed E-state index contributed by atoms with van der Waals surface area (Å²) in [5.74, 6) is 0.926. The van der Waals surface area contributed by atoms with Crippen molar-refractivity contribution in [3.63, 3.8) is 0 Å². The molecule has 0 radical (unpaired) electrons. The highest BCUT2D eigenvalue weighted by Gasteiger charge is 1.99. The highest BCUT2D eigenvalue weighted by atomic mass is 16.5. The van der Waals surface area contributed by atoms with Gasteiger partial charge in [-0.15, -0.1) is 0 Å². The van der Waals surface area contributed by atoms with Crippen molar-refractivity contribution in [3.05, 3.63) is 48.1 Å². The molecule has 0 amide bonds. The number of rotatable bonds is 4. The molecule has 0 bridgehead atoms. The second-order valence-corrected chi connectivity index (χ2v) is 3.94. The van der Waals surface area contributed by atoms with Gasteiger partial charge in [0.1, 0.15) is 5.75 Å². The van der Waals surface area contributed by atoms with Crippen molar-refractivity contribution in [2.75, 3.05) is 0 Å². The van der Waals surface area contributed by atoms with Crippen LogP contribution in [0.5, 0.6) is 5.75 Å². The Balaban J connectivity index is 2.85. The highest BCUT2D eigenvalue weighted by Crippen LogP contribution is 2.20. The van der Waals surface area contributed by atoms with Crippen LogP contribution in [0.3, 0.4) is 0 Å². The lowest BCUT2D eigenvalue weighted by Gasteiger charge is -2.10. The van der Waals surface area contributed by atoms with Gasteiger partial charge in [0.25, 0.3) is 0 Å². The summed E-state index contributed by atoms with van der Waals surface area (Å²) in [6.07, 6.45) is 6.49. The average Bonchev–Trinajstić information content (AvgIpc) is 2.26. The van der Waals surface area contributed by atoms with Crippen molar-refractivity contribution in [2.24, 2.45) is 0 Å². The van der Waals surface area contributed by atoms with Gasteiger partial charge in [0.2, 0.25) is 0 Å². The van der Waals surface area contributed by atoms with E-state index in [1.807, 2.05) is 45.9 Å². The Hall–Kier alpha value is -1.50. The molecule has 1 heteroatoms.